The molecule has 2 aromatic carbocycles. The number of methoxy groups -OCH3 is 2. The van der Waals surface area contributed by atoms with E-state index in [9.17, 15) is 9.59 Å². The summed E-state index contributed by atoms with van der Waals surface area (Å²) < 4.78 is 23.6. The average Bonchev–Trinajstić information content (AvgIpc) is 3.80. The molecule has 4 heterocycles. The van der Waals surface area contributed by atoms with E-state index in [1.165, 1.54) is 0 Å². The fourth-order valence-electron chi connectivity index (χ4n) is 5.69. The number of ether oxygens (including phenoxy) is 4. The molecule has 2 aliphatic heterocycles. The minimum absolute atomic E-state index is 0.0865. The van der Waals surface area contributed by atoms with Crippen molar-refractivity contribution in [2.45, 2.75) is 45.2 Å². The van der Waals surface area contributed by atoms with E-state index in [1.54, 1.807) is 48.5 Å². The predicted molar refractivity (Wildman–Crippen MR) is 173 cm³/mol. The van der Waals surface area contributed by atoms with Crippen LogP contribution in [0.4, 0.5) is 5.82 Å². The number of imidazole rings is 1. The van der Waals surface area contributed by atoms with Gasteiger partial charge in [-0.2, -0.15) is 4.98 Å². The lowest BCUT2D eigenvalue weighted by Gasteiger charge is -2.41. The molecule has 0 saturated carbocycles. The minimum Gasteiger partial charge on any atom is -0.497 e. The zero-order chi connectivity index (χ0) is 33.1. The minimum atomic E-state index is -0.732. The number of anilines is 1. The molecule has 13 heteroatoms. The molecule has 13 nitrogen and oxygen atoms in total. The second kappa shape index (κ2) is 13.6. The van der Waals surface area contributed by atoms with Crippen molar-refractivity contribution in [3.63, 3.8) is 0 Å². The number of hydrogen-bond donors (Lipinski definition) is 1. The van der Waals surface area contributed by atoms with Crippen LogP contribution < -0.4 is 29.2 Å². The number of rotatable bonds is 10. The normalized spacial score (nSPS) is 16.3. The summed E-state index contributed by atoms with van der Waals surface area (Å²) in [6, 6.07) is 11.8. The second-order valence-electron chi connectivity index (χ2n) is 11.9. The molecule has 2 unspecified atom stereocenters. The van der Waals surface area contributed by atoms with Gasteiger partial charge in [0.25, 0.3) is 0 Å². The van der Waals surface area contributed by atoms with Crippen LogP contribution in [0.5, 0.6) is 23.0 Å². The lowest BCUT2D eigenvalue weighted by atomic mass is 10.0. The number of piperazine rings is 1. The molecule has 2 amide bonds. The first-order valence-electron chi connectivity index (χ1n) is 15.6. The highest BCUT2D eigenvalue weighted by Gasteiger charge is 2.36. The molecule has 0 radical (unpaired) electrons. The summed E-state index contributed by atoms with van der Waals surface area (Å²) >= 11 is 0. The zero-order valence-electron chi connectivity index (χ0n) is 27.2. The van der Waals surface area contributed by atoms with Gasteiger partial charge >= 0.3 is 0 Å². The van der Waals surface area contributed by atoms with Gasteiger partial charge < -0.3 is 34.1 Å². The third-order valence-corrected chi connectivity index (χ3v) is 8.40. The second-order valence-corrected chi connectivity index (χ2v) is 11.9. The Balaban J connectivity index is 1.29. The number of nitrogens with one attached hydrogen (secondary N) is 1. The van der Waals surface area contributed by atoms with Crippen LogP contribution in [-0.4, -0.2) is 82.9 Å². The summed E-state index contributed by atoms with van der Waals surface area (Å²) in [6.07, 6.45) is 5.26. The molecular formula is C34H39N7O6. The Bertz CT molecular complexity index is 1720. The number of benzene rings is 2. The van der Waals surface area contributed by atoms with Crippen molar-refractivity contribution in [3.8, 4) is 28.9 Å². The predicted octanol–water partition coefficient (Wildman–Crippen LogP) is 3.67. The van der Waals surface area contributed by atoms with E-state index in [4.69, 9.17) is 28.9 Å². The van der Waals surface area contributed by atoms with Gasteiger partial charge in [0.05, 0.1) is 38.9 Å². The van der Waals surface area contributed by atoms with E-state index in [0.29, 0.717) is 47.9 Å². The van der Waals surface area contributed by atoms with Crippen molar-refractivity contribution in [1.82, 2.24) is 29.7 Å². The van der Waals surface area contributed by atoms with E-state index < -0.39 is 6.04 Å². The number of carbonyl (C=O) groups excluding carboxylic acids is 2. The zero-order valence-corrected chi connectivity index (χ0v) is 27.2. The van der Waals surface area contributed by atoms with Crippen molar-refractivity contribution in [3.05, 3.63) is 78.0 Å². The molecule has 6 rings (SSSR count). The lowest BCUT2D eigenvalue weighted by molar-refractivity contribution is -0.132. The number of carbonyl (C=O) groups is 2. The van der Waals surface area contributed by atoms with Crippen LogP contribution >= 0.6 is 0 Å². The quantitative estimate of drug-likeness (QED) is 0.274. The first-order valence-corrected chi connectivity index (χ1v) is 15.6. The van der Waals surface area contributed by atoms with Gasteiger partial charge in [0, 0.05) is 37.6 Å². The summed E-state index contributed by atoms with van der Waals surface area (Å²) in [7, 11) is 3.17. The Morgan fingerprint density at radius 1 is 0.979 bits per heavy atom. The highest BCUT2D eigenvalue weighted by atomic mass is 16.7. The molecule has 0 bridgehead atoms. The monoisotopic (exact) mass is 641 g/mol. The molecule has 246 valence electrons. The van der Waals surface area contributed by atoms with E-state index >= 15 is 0 Å². The number of fused-ring (bicyclic) bond motifs is 1. The average molecular weight is 642 g/mol. The topological polar surface area (TPSA) is 133 Å². The van der Waals surface area contributed by atoms with Crippen LogP contribution in [0.2, 0.25) is 0 Å². The summed E-state index contributed by atoms with van der Waals surface area (Å²) in [5.41, 5.74) is 2.46. The Morgan fingerprint density at radius 3 is 2.45 bits per heavy atom. The van der Waals surface area contributed by atoms with Crippen LogP contribution in [-0.2, 0) is 16.0 Å². The van der Waals surface area contributed by atoms with Crippen LogP contribution in [0.1, 0.15) is 49.6 Å². The van der Waals surface area contributed by atoms with Gasteiger partial charge in [0.1, 0.15) is 29.7 Å². The first kappa shape index (κ1) is 31.6. The highest BCUT2D eigenvalue weighted by molar-refractivity contribution is 5.88. The molecule has 1 fully saturated rings. The summed E-state index contributed by atoms with van der Waals surface area (Å²) in [5.74, 6) is 3.37. The van der Waals surface area contributed by atoms with Gasteiger partial charge in [-0.05, 0) is 48.2 Å². The number of nitrogens with zero attached hydrogens (tertiary/aromatic N) is 6. The Hall–Kier alpha value is -5.33. The standard InChI is InChI=1S/C34H39N7O6/c1-21(2)27-17-31(38-34(37-27)40-9-8-35-19-40)41-11-10-39(32(42)13-23-6-7-29-30(12-23)47-20-46-29)18-28(41)33(43)36-22(3)24-14-25(44-4)16-26(15-24)45-5/h6-9,12,14-17,19,21-22,28H,10-11,13,18,20H2,1-5H3,(H,36,43). The van der Waals surface area contributed by atoms with E-state index in [1.807, 2.05) is 48.2 Å². The van der Waals surface area contributed by atoms with Crippen LogP contribution in [0.15, 0.2) is 61.2 Å². The maximum absolute atomic E-state index is 14.2. The van der Waals surface area contributed by atoms with E-state index in [-0.39, 0.29) is 43.5 Å². The van der Waals surface area contributed by atoms with Gasteiger partial charge in [-0.3, -0.25) is 14.2 Å². The fraction of sp³-hybridized carbons (Fsp3) is 0.382. The smallest absolute Gasteiger partial charge is 0.245 e. The van der Waals surface area contributed by atoms with Gasteiger partial charge in [-0.1, -0.05) is 19.9 Å². The molecule has 4 aromatic rings. The molecule has 2 aliphatic rings. The van der Waals surface area contributed by atoms with Crippen molar-refractivity contribution >= 4 is 17.6 Å². The summed E-state index contributed by atoms with van der Waals surface area (Å²) in [4.78, 5) is 45.4. The third-order valence-electron chi connectivity index (χ3n) is 8.40. The molecule has 47 heavy (non-hydrogen) atoms. The Labute approximate surface area is 273 Å². The van der Waals surface area contributed by atoms with E-state index in [0.717, 1.165) is 16.8 Å². The fourth-order valence-corrected chi connectivity index (χ4v) is 5.69. The Kier molecular flexibility index (Phi) is 9.14. The Morgan fingerprint density at radius 2 is 1.74 bits per heavy atom. The summed E-state index contributed by atoms with van der Waals surface area (Å²) in [6.45, 7) is 7.17. The van der Waals surface area contributed by atoms with Gasteiger partial charge in [-0.15, -0.1) is 0 Å². The lowest BCUT2D eigenvalue weighted by Crippen LogP contribution is -2.61. The van der Waals surface area contributed by atoms with Crippen molar-refractivity contribution < 1.29 is 28.5 Å². The van der Waals surface area contributed by atoms with Crippen molar-refractivity contribution in [2.75, 3.05) is 45.5 Å². The van der Waals surface area contributed by atoms with Gasteiger partial charge in [0.2, 0.25) is 24.6 Å². The molecule has 2 atom stereocenters. The highest BCUT2D eigenvalue weighted by Crippen LogP contribution is 2.33. The summed E-state index contributed by atoms with van der Waals surface area (Å²) in [5, 5.41) is 3.17. The van der Waals surface area contributed by atoms with Gasteiger partial charge in [-0.25, -0.2) is 9.97 Å². The van der Waals surface area contributed by atoms with Crippen LogP contribution in [0.3, 0.4) is 0 Å². The van der Waals surface area contributed by atoms with Gasteiger partial charge in [0.15, 0.2) is 11.5 Å². The SMILES string of the molecule is COc1cc(OC)cc(C(C)NC(=O)C2CN(C(=O)Cc3ccc4c(c3)OCO4)CCN2c2cc(C(C)C)nc(-n3ccnc3)n2)c1. The number of amides is 2. The van der Waals surface area contributed by atoms with Crippen molar-refractivity contribution in [2.24, 2.45) is 0 Å². The largest absolute Gasteiger partial charge is 0.497 e. The molecule has 1 N–H and O–H groups in total. The van der Waals surface area contributed by atoms with Crippen LogP contribution in [0.25, 0.3) is 5.95 Å². The number of hydrogen-bond acceptors (Lipinski definition) is 10. The third kappa shape index (κ3) is 6.93. The van der Waals surface area contributed by atoms with Crippen LogP contribution in [0, 0.1) is 0 Å². The molecule has 2 aromatic heterocycles. The van der Waals surface area contributed by atoms with E-state index in [2.05, 4.69) is 24.1 Å². The maximum Gasteiger partial charge on any atom is 0.245 e. The molecule has 0 spiro atoms. The maximum atomic E-state index is 14.2. The first-order chi connectivity index (χ1) is 22.7. The molecule has 0 aliphatic carbocycles. The molecule has 1 saturated heterocycles. The van der Waals surface area contributed by atoms with Crippen molar-refractivity contribution in [1.29, 1.82) is 0 Å². The number of aromatic nitrogens is 4. The molecular weight excluding hydrogens is 602 g/mol.